The molecule has 1 fully saturated rings. The summed E-state index contributed by atoms with van der Waals surface area (Å²) in [4.78, 5) is 17.1. The number of carbonyl (C=O) groups excluding carboxylic acids is 1. The van der Waals surface area contributed by atoms with Crippen LogP contribution >= 0.6 is 0 Å². The van der Waals surface area contributed by atoms with Crippen molar-refractivity contribution in [2.75, 3.05) is 37.7 Å². The molecule has 6 heteroatoms. The summed E-state index contributed by atoms with van der Waals surface area (Å²) in [7, 11) is 0. The Bertz CT molecular complexity index is 1280. The molecule has 2 heterocycles. The smallest absolute Gasteiger partial charge is 0.253 e. The van der Waals surface area contributed by atoms with Gasteiger partial charge in [-0.15, -0.1) is 10.2 Å². The van der Waals surface area contributed by atoms with Gasteiger partial charge in [-0.25, -0.2) is 0 Å². The zero-order valence-electron chi connectivity index (χ0n) is 20.1. The molecule has 6 nitrogen and oxygen atoms in total. The summed E-state index contributed by atoms with van der Waals surface area (Å²) >= 11 is 0. The number of benzene rings is 3. The molecule has 0 spiro atoms. The Kier molecular flexibility index (Phi) is 6.89. The standard InChI is InChI=1S/C29H30N4O2/c1-2-3-21-35-24-13-11-23(12-14-24)29(34)33-19-17-32(18-20-33)28-16-15-27(30-31-28)26-10-6-8-22-7-4-5-9-25(22)26/h4-16H,2-3,17-21H2,1H3. The molecule has 0 aliphatic carbocycles. The summed E-state index contributed by atoms with van der Waals surface area (Å²) < 4.78 is 5.70. The van der Waals surface area contributed by atoms with E-state index in [9.17, 15) is 4.79 Å². The Balaban J connectivity index is 1.20. The van der Waals surface area contributed by atoms with Crippen LogP contribution in [0.25, 0.3) is 22.0 Å². The molecule has 0 unspecified atom stereocenters. The fourth-order valence-corrected chi connectivity index (χ4v) is 4.44. The molecule has 1 aliphatic heterocycles. The van der Waals surface area contributed by atoms with Crippen molar-refractivity contribution in [2.45, 2.75) is 19.8 Å². The van der Waals surface area contributed by atoms with E-state index in [-0.39, 0.29) is 5.91 Å². The molecule has 1 saturated heterocycles. The van der Waals surface area contributed by atoms with Gasteiger partial charge < -0.3 is 14.5 Å². The Morgan fingerprint density at radius 1 is 0.857 bits per heavy atom. The zero-order chi connectivity index (χ0) is 24.0. The minimum Gasteiger partial charge on any atom is -0.494 e. The SMILES string of the molecule is CCCCOc1ccc(C(=O)N2CCN(c3ccc(-c4cccc5ccccc45)nn3)CC2)cc1. The first-order valence-corrected chi connectivity index (χ1v) is 12.3. The topological polar surface area (TPSA) is 58.6 Å². The molecule has 1 amide bonds. The normalized spacial score (nSPS) is 13.7. The van der Waals surface area contributed by atoms with Gasteiger partial charge in [0.05, 0.1) is 12.3 Å². The lowest BCUT2D eigenvalue weighted by Crippen LogP contribution is -2.49. The number of unbranched alkanes of at least 4 members (excludes halogenated alkanes) is 1. The van der Waals surface area contributed by atoms with E-state index in [1.165, 1.54) is 10.8 Å². The summed E-state index contributed by atoms with van der Waals surface area (Å²) in [6.07, 6.45) is 2.13. The van der Waals surface area contributed by atoms with Gasteiger partial charge in [-0.3, -0.25) is 4.79 Å². The van der Waals surface area contributed by atoms with Crippen LogP contribution in [0.15, 0.2) is 78.9 Å². The van der Waals surface area contributed by atoms with Crippen molar-refractivity contribution in [1.29, 1.82) is 0 Å². The number of anilines is 1. The van der Waals surface area contributed by atoms with Gasteiger partial charge in [0.15, 0.2) is 5.82 Å². The number of ether oxygens (including phenoxy) is 1. The Labute approximate surface area is 206 Å². The van der Waals surface area contributed by atoms with Gasteiger partial charge in [0.1, 0.15) is 5.75 Å². The highest BCUT2D eigenvalue weighted by molar-refractivity contribution is 5.96. The second-order valence-electron chi connectivity index (χ2n) is 8.81. The van der Waals surface area contributed by atoms with Crippen molar-refractivity contribution >= 4 is 22.5 Å². The van der Waals surface area contributed by atoms with Crippen molar-refractivity contribution in [2.24, 2.45) is 0 Å². The fourth-order valence-electron chi connectivity index (χ4n) is 4.44. The van der Waals surface area contributed by atoms with E-state index in [2.05, 4.69) is 52.4 Å². The highest BCUT2D eigenvalue weighted by atomic mass is 16.5. The van der Waals surface area contributed by atoms with Gasteiger partial charge in [0, 0.05) is 37.3 Å². The third-order valence-electron chi connectivity index (χ3n) is 6.47. The largest absolute Gasteiger partial charge is 0.494 e. The van der Waals surface area contributed by atoms with Gasteiger partial charge >= 0.3 is 0 Å². The number of amides is 1. The lowest BCUT2D eigenvalue weighted by molar-refractivity contribution is 0.0746. The van der Waals surface area contributed by atoms with Crippen LogP contribution < -0.4 is 9.64 Å². The molecule has 0 bridgehead atoms. The van der Waals surface area contributed by atoms with E-state index >= 15 is 0 Å². The molecule has 1 aromatic heterocycles. The van der Waals surface area contributed by atoms with Gasteiger partial charge in [-0.05, 0) is 53.6 Å². The van der Waals surface area contributed by atoms with Crippen LogP contribution in [0.2, 0.25) is 0 Å². The Hall–Kier alpha value is -3.93. The number of aromatic nitrogens is 2. The van der Waals surface area contributed by atoms with E-state index in [1.807, 2.05) is 53.4 Å². The minimum atomic E-state index is 0.0575. The van der Waals surface area contributed by atoms with Gasteiger partial charge in [-0.1, -0.05) is 55.8 Å². The summed E-state index contributed by atoms with van der Waals surface area (Å²) in [6.45, 7) is 5.61. The van der Waals surface area contributed by atoms with Crippen molar-refractivity contribution in [3.63, 3.8) is 0 Å². The van der Waals surface area contributed by atoms with E-state index < -0.39 is 0 Å². The number of hydrogen-bond acceptors (Lipinski definition) is 5. The number of fused-ring (bicyclic) bond motifs is 1. The molecule has 0 radical (unpaired) electrons. The summed E-state index contributed by atoms with van der Waals surface area (Å²) in [5.41, 5.74) is 2.64. The zero-order valence-corrected chi connectivity index (χ0v) is 20.1. The van der Waals surface area contributed by atoms with Crippen LogP contribution in [0.3, 0.4) is 0 Å². The van der Waals surface area contributed by atoms with Crippen molar-refractivity contribution in [3.8, 4) is 17.0 Å². The monoisotopic (exact) mass is 466 g/mol. The molecule has 0 saturated carbocycles. The average molecular weight is 467 g/mol. The van der Waals surface area contributed by atoms with Crippen LogP contribution in [0.5, 0.6) is 5.75 Å². The Morgan fingerprint density at radius 3 is 2.37 bits per heavy atom. The number of piperazine rings is 1. The number of hydrogen-bond donors (Lipinski definition) is 0. The van der Waals surface area contributed by atoms with Gasteiger partial charge in [0.2, 0.25) is 0 Å². The summed E-state index contributed by atoms with van der Waals surface area (Å²) in [5, 5.41) is 11.4. The molecular weight excluding hydrogens is 436 g/mol. The number of nitrogens with zero attached hydrogens (tertiary/aromatic N) is 4. The maximum atomic E-state index is 13.0. The highest BCUT2D eigenvalue weighted by Crippen LogP contribution is 2.27. The van der Waals surface area contributed by atoms with Crippen LogP contribution in [0.4, 0.5) is 5.82 Å². The molecule has 5 rings (SSSR count). The Morgan fingerprint density at radius 2 is 1.63 bits per heavy atom. The molecule has 3 aromatic carbocycles. The predicted octanol–water partition coefficient (Wildman–Crippen LogP) is 5.44. The lowest BCUT2D eigenvalue weighted by atomic mass is 10.0. The van der Waals surface area contributed by atoms with Gasteiger partial charge in [-0.2, -0.15) is 0 Å². The summed E-state index contributed by atoms with van der Waals surface area (Å²) in [6, 6.07) is 26.1. The lowest BCUT2D eigenvalue weighted by Gasteiger charge is -2.35. The fraction of sp³-hybridized carbons (Fsp3) is 0.276. The third kappa shape index (κ3) is 5.11. The highest BCUT2D eigenvalue weighted by Gasteiger charge is 2.23. The second kappa shape index (κ2) is 10.6. The first-order valence-electron chi connectivity index (χ1n) is 12.3. The average Bonchev–Trinajstić information content (AvgIpc) is 2.93. The number of rotatable bonds is 7. The molecule has 35 heavy (non-hydrogen) atoms. The van der Waals surface area contributed by atoms with Crippen LogP contribution in [0, 0.1) is 0 Å². The maximum absolute atomic E-state index is 13.0. The first kappa shape index (κ1) is 22.8. The van der Waals surface area contributed by atoms with Crippen molar-refractivity contribution in [3.05, 3.63) is 84.4 Å². The maximum Gasteiger partial charge on any atom is 0.253 e. The van der Waals surface area contributed by atoms with Crippen molar-refractivity contribution < 1.29 is 9.53 Å². The predicted molar refractivity (Wildman–Crippen MR) is 140 cm³/mol. The van der Waals surface area contributed by atoms with E-state index in [0.717, 1.165) is 48.8 Å². The summed E-state index contributed by atoms with van der Waals surface area (Å²) in [5.74, 6) is 1.71. The van der Waals surface area contributed by atoms with E-state index in [0.29, 0.717) is 25.3 Å². The molecule has 0 atom stereocenters. The van der Waals surface area contributed by atoms with Gasteiger partial charge in [0.25, 0.3) is 5.91 Å². The third-order valence-corrected chi connectivity index (χ3v) is 6.47. The molecular formula is C29H30N4O2. The number of carbonyl (C=O) groups is 1. The van der Waals surface area contributed by atoms with E-state index in [4.69, 9.17) is 4.74 Å². The second-order valence-corrected chi connectivity index (χ2v) is 8.81. The van der Waals surface area contributed by atoms with Crippen LogP contribution in [-0.4, -0.2) is 53.8 Å². The molecule has 4 aromatic rings. The molecule has 178 valence electrons. The molecule has 0 N–H and O–H groups in total. The minimum absolute atomic E-state index is 0.0575. The quantitative estimate of drug-likeness (QED) is 0.340. The van der Waals surface area contributed by atoms with E-state index in [1.54, 1.807) is 0 Å². The molecule has 1 aliphatic rings. The first-order chi connectivity index (χ1) is 17.2. The van der Waals surface area contributed by atoms with Crippen LogP contribution in [0.1, 0.15) is 30.1 Å². The van der Waals surface area contributed by atoms with Crippen LogP contribution in [-0.2, 0) is 0 Å². The van der Waals surface area contributed by atoms with Crippen molar-refractivity contribution in [1.82, 2.24) is 15.1 Å².